The number of rotatable bonds is 16. The van der Waals surface area contributed by atoms with Crippen LogP contribution in [-0.2, 0) is 48.7 Å². The average molecular weight is 704 g/mol. The van der Waals surface area contributed by atoms with Crippen LogP contribution in [-0.4, -0.2) is 89.8 Å². The molecule has 2 atom stereocenters. The van der Waals surface area contributed by atoms with Crippen LogP contribution in [0.15, 0.2) is 30.9 Å². The molecule has 3 aliphatic rings. The standard InChI is InChI=1S/C34H49N5O9S/c1-5-16-34(4,30(42)37-49(46,47)25-14-15-25)36-29(41)27-13-9-18-39(27)28(40)19-35-31(43)48-22-33(2,3)17-7-6-10-23-11-8-12-24-20-38(32(44)45)21-26(23)24/h5,8,11-12,25,27H,1,6-7,9-10,13-22H2,2-4H3,(H,35,43)(H,36,41)(H,37,42)(H,44,45)/t27-,34+/m0/s1. The first kappa shape index (κ1) is 37.7. The monoisotopic (exact) mass is 703 g/mol. The molecule has 1 aromatic rings. The second-order valence-corrected chi connectivity index (χ2v) is 16.2. The first-order valence-electron chi connectivity index (χ1n) is 16.8. The lowest BCUT2D eigenvalue weighted by atomic mass is 9.87. The first-order valence-corrected chi connectivity index (χ1v) is 18.4. The van der Waals surface area contributed by atoms with Crippen LogP contribution in [0.25, 0.3) is 0 Å². The van der Waals surface area contributed by atoms with Crippen LogP contribution in [0.2, 0.25) is 0 Å². The van der Waals surface area contributed by atoms with Crippen molar-refractivity contribution in [3.63, 3.8) is 0 Å². The van der Waals surface area contributed by atoms with Gasteiger partial charge < -0.3 is 25.4 Å². The summed E-state index contributed by atoms with van der Waals surface area (Å²) in [6.45, 7) is 9.88. The smallest absolute Gasteiger partial charge is 0.407 e. The number of benzene rings is 1. The second kappa shape index (κ2) is 15.6. The summed E-state index contributed by atoms with van der Waals surface area (Å²) in [4.78, 5) is 65.9. The van der Waals surface area contributed by atoms with Gasteiger partial charge in [0.1, 0.15) is 18.1 Å². The van der Waals surface area contributed by atoms with Crippen LogP contribution in [0.3, 0.4) is 0 Å². The maximum atomic E-state index is 13.3. The van der Waals surface area contributed by atoms with Crippen LogP contribution in [0, 0.1) is 5.41 Å². The van der Waals surface area contributed by atoms with Crippen molar-refractivity contribution in [1.29, 1.82) is 0 Å². The molecule has 2 heterocycles. The van der Waals surface area contributed by atoms with E-state index in [1.807, 2.05) is 32.0 Å². The number of unbranched alkanes of at least 4 members (excludes halogenated alkanes) is 1. The molecule has 4 N–H and O–H groups in total. The highest BCUT2D eigenvalue weighted by Crippen LogP contribution is 2.30. The molecule has 0 unspecified atom stereocenters. The fourth-order valence-electron chi connectivity index (χ4n) is 6.30. The van der Waals surface area contributed by atoms with Gasteiger partial charge in [0, 0.05) is 19.6 Å². The molecule has 0 aromatic heterocycles. The number of aryl methyl sites for hydroxylation is 1. The van der Waals surface area contributed by atoms with Gasteiger partial charge in [0.25, 0.3) is 5.91 Å². The van der Waals surface area contributed by atoms with E-state index >= 15 is 0 Å². The van der Waals surface area contributed by atoms with E-state index in [2.05, 4.69) is 21.9 Å². The number of likely N-dealkylation sites (tertiary alicyclic amines) is 1. The van der Waals surface area contributed by atoms with Crippen molar-refractivity contribution in [2.24, 2.45) is 5.41 Å². The van der Waals surface area contributed by atoms with Gasteiger partial charge in [-0.15, -0.1) is 6.58 Å². The summed E-state index contributed by atoms with van der Waals surface area (Å²) in [5, 5.41) is 13.8. The minimum atomic E-state index is -3.84. The van der Waals surface area contributed by atoms with Crippen molar-refractivity contribution in [2.75, 3.05) is 19.7 Å². The molecule has 0 spiro atoms. The largest absolute Gasteiger partial charge is 0.465 e. The Bertz CT molecular complexity index is 1560. The highest BCUT2D eigenvalue weighted by Gasteiger charge is 2.44. The van der Waals surface area contributed by atoms with Crippen molar-refractivity contribution in [2.45, 2.75) is 108 Å². The number of hydrogen-bond donors (Lipinski definition) is 4. The topological polar surface area (TPSA) is 192 Å². The molecule has 0 radical (unpaired) electrons. The van der Waals surface area contributed by atoms with E-state index in [-0.39, 0.29) is 31.5 Å². The molecular weight excluding hydrogens is 654 g/mol. The van der Waals surface area contributed by atoms with E-state index < -0.39 is 56.8 Å². The summed E-state index contributed by atoms with van der Waals surface area (Å²) in [5.74, 6) is -1.96. The maximum absolute atomic E-state index is 13.3. The number of hydrogen-bond acceptors (Lipinski definition) is 8. The molecule has 2 fully saturated rings. The summed E-state index contributed by atoms with van der Waals surface area (Å²) in [6, 6.07) is 5.09. The number of carbonyl (C=O) groups is 5. The summed E-state index contributed by atoms with van der Waals surface area (Å²) in [7, 11) is -3.84. The maximum Gasteiger partial charge on any atom is 0.407 e. The van der Waals surface area contributed by atoms with Gasteiger partial charge in [0.15, 0.2) is 0 Å². The first-order chi connectivity index (χ1) is 23.0. The lowest BCUT2D eigenvalue weighted by Crippen LogP contribution is -2.61. The summed E-state index contributed by atoms with van der Waals surface area (Å²) >= 11 is 0. The molecule has 5 amide bonds. The fraction of sp³-hybridized carbons (Fsp3) is 0.618. The van der Waals surface area contributed by atoms with E-state index in [9.17, 15) is 37.5 Å². The molecule has 1 aliphatic carbocycles. The van der Waals surface area contributed by atoms with Gasteiger partial charge in [0.05, 0.1) is 11.9 Å². The van der Waals surface area contributed by atoms with E-state index in [4.69, 9.17) is 4.74 Å². The van der Waals surface area contributed by atoms with Crippen molar-refractivity contribution in [3.8, 4) is 0 Å². The Balaban J connectivity index is 1.19. The Labute approximate surface area is 288 Å². The fourth-order valence-corrected chi connectivity index (χ4v) is 7.71. The number of nitrogens with one attached hydrogen (secondary N) is 3. The molecule has 14 nitrogen and oxygen atoms in total. The van der Waals surface area contributed by atoms with Crippen LogP contribution in [0.1, 0.15) is 88.8 Å². The van der Waals surface area contributed by atoms with Crippen molar-refractivity contribution < 1.29 is 42.2 Å². The van der Waals surface area contributed by atoms with Gasteiger partial charge in [-0.25, -0.2) is 18.0 Å². The summed E-state index contributed by atoms with van der Waals surface area (Å²) in [6.07, 6.45) is 4.93. The van der Waals surface area contributed by atoms with Gasteiger partial charge in [0.2, 0.25) is 21.8 Å². The number of nitrogens with zero attached hydrogens (tertiary/aromatic N) is 2. The Morgan fingerprint density at radius 3 is 2.49 bits per heavy atom. The zero-order valence-corrected chi connectivity index (χ0v) is 29.4. The van der Waals surface area contributed by atoms with Gasteiger partial charge >= 0.3 is 12.2 Å². The zero-order valence-electron chi connectivity index (χ0n) is 28.6. The Hall–Kier alpha value is -4.14. The predicted molar refractivity (Wildman–Crippen MR) is 181 cm³/mol. The normalized spacial score (nSPS) is 18.6. The van der Waals surface area contributed by atoms with Crippen molar-refractivity contribution in [3.05, 3.63) is 47.5 Å². The zero-order chi connectivity index (χ0) is 36.0. The number of carbonyl (C=O) groups excluding carboxylic acids is 4. The number of fused-ring (bicyclic) bond motifs is 1. The number of amides is 5. The van der Waals surface area contributed by atoms with Crippen LogP contribution < -0.4 is 15.4 Å². The van der Waals surface area contributed by atoms with Crippen molar-refractivity contribution >= 4 is 39.9 Å². The number of carboxylic acid groups (broad SMARTS) is 1. The molecule has 1 saturated carbocycles. The van der Waals surface area contributed by atoms with Gasteiger partial charge in [-0.3, -0.25) is 24.0 Å². The van der Waals surface area contributed by atoms with Crippen LogP contribution in [0.4, 0.5) is 9.59 Å². The molecule has 4 rings (SSSR count). The average Bonchev–Trinajstić information content (AvgIpc) is 3.62. The third kappa shape index (κ3) is 9.96. The highest BCUT2D eigenvalue weighted by atomic mass is 32.2. The second-order valence-electron chi connectivity index (χ2n) is 14.2. The molecular formula is C34H49N5O9S. The lowest BCUT2D eigenvalue weighted by Gasteiger charge is -2.32. The number of sulfonamides is 1. The van der Waals surface area contributed by atoms with Gasteiger partial charge in [-0.1, -0.05) is 44.5 Å². The number of ether oxygens (including phenoxy) is 1. The summed E-state index contributed by atoms with van der Waals surface area (Å²) in [5.41, 5.74) is 1.39. The van der Waals surface area contributed by atoms with E-state index in [1.165, 1.54) is 22.8 Å². The molecule has 1 aromatic carbocycles. The SMILES string of the molecule is C=CC[C@@](C)(NC(=O)[C@@H]1CCCN1C(=O)CNC(=O)OCC(C)(C)CCCCc1cccc2c1CN(C(=O)O)C2)C(=O)NS(=O)(=O)C1CC1. The molecule has 2 aliphatic heterocycles. The Morgan fingerprint density at radius 1 is 1.08 bits per heavy atom. The molecule has 0 bridgehead atoms. The molecule has 49 heavy (non-hydrogen) atoms. The highest BCUT2D eigenvalue weighted by molar-refractivity contribution is 7.90. The van der Waals surface area contributed by atoms with Crippen LogP contribution in [0.5, 0.6) is 0 Å². The lowest BCUT2D eigenvalue weighted by molar-refractivity contribution is -0.140. The van der Waals surface area contributed by atoms with E-state index in [1.54, 1.807) is 0 Å². The van der Waals surface area contributed by atoms with Crippen molar-refractivity contribution in [1.82, 2.24) is 25.2 Å². The number of alkyl carbamates (subject to hydrolysis) is 1. The predicted octanol–water partition coefficient (Wildman–Crippen LogP) is 3.20. The summed E-state index contributed by atoms with van der Waals surface area (Å²) < 4.78 is 32.2. The van der Waals surface area contributed by atoms with E-state index in [0.717, 1.165) is 42.4 Å². The quantitative estimate of drug-likeness (QED) is 0.148. The third-order valence-corrected chi connectivity index (χ3v) is 11.2. The van der Waals surface area contributed by atoms with Crippen LogP contribution >= 0.6 is 0 Å². The molecule has 1 saturated heterocycles. The molecule has 15 heteroatoms. The Morgan fingerprint density at radius 2 is 1.82 bits per heavy atom. The van der Waals surface area contributed by atoms with E-state index in [0.29, 0.717) is 38.8 Å². The molecule has 270 valence electrons. The van der Waals surface area contributed by atoms with Gasteiger partial charge in [-0.2, -0.15) is 0 Å². The minimum absolute atomic E-state index is 0.0303. The third-order valence-electron chi connectivity index (χ3n) is 9.41. The minimum Gasteiger partial charge on any atom is -0.465 e. The van der Waals surface area contributed by atoms with Gasteiger partial charge in [-0.05, 0) is 80.4 Å². The Kier molecular flexibility index (Phi) is 12.0.